The van der Waals surface area contributed by atoms with Gasteiger partial charge in [-0.1, -0.05) is 11.6 Å². The van der Waals surface area contributed by atoms with Gasteiger partial charge in [-0.3, -0.25) is 9.63 Å². The summed E-state index contributed by atoms with van der Waals surface area (Å²) < 4.78 is 5.76. The molecule has 6 nitrogen and oxygen atoms in total. The number of carbonyl (C=O) groups is 2. The van der Waals surface area contributed by atoms with Gasteiger partial charge in [-0.05, 0) is 34.7 Å². The van der Waals surface area contributed by atoms with Crippen LogP contribution in [0.2, 0.25) is 5.02 Å². The molecule has 1 rings (SSSR count). The zero-order valence-electron chi connectivity index (χ0n) is 9.20. The number of nitrogens with one attached hydrogen (secondary N) is 1. The maximum Gasteiger partial charge on any atom is 0.332 e. The zero-order valence-corrected chi connectivity index (χ0v) is 12.1. The number of carboxylic acid groups (broad SMARTS) is 1. The summed E-state index contributed by atoms with van der Waals surface area (Å²) in [4.78, 5) is 26.4. The molecule has 0 aliphatic carbocycles. The van der Waals surface area contributed by atoms with Crippen LogP contribution in [0.15, 0.2) is 12.1 Å². The second-order valence-electron chi connectivity index (χ2n) is 3.08. The van der Waals surface area contributed by atoms with E-state index in [1.54, 1.807) is 6.07 Å². The van der Waals surface area contributed by atoms with Crippen LogP contribution in [0.4, 0.5) is 0 Å². The molecule has 18 heavy (non-hydrogen) atoms. The summed E-state index contributed by atoms with van der Waals surface area (Å²) >= 11 is 7.89. The second kappa shape index (κ2) is 6.76. The number of carboxylic acids is 1. The average molecular weight is 386 g/mol. The highest BCUT2D eigenvalue weighted by atomic mass is 127. The van der Waals surface area contributed by atoms with Crippen molar-refractivity contribution in [3.05, 3.63) is 26.3 Å². The summed E-state index contributed by atoms with van der Waals surface area (Å²) in [5, 5.41) is 8.74. The molecule has 0 saturated heterocycles. The highest BCUT2D eigenvalue weighted by Crippen LogP contribution is 2.28. The lowest BCUT2D eigenvalue weighted by Gasteiger charge is -2.10. The molecule has 0 unspecified atom stereocenters. The summed E-state index contributed by atoms with van der Waals surface area (Å²) in [5.74, 6) is -1.51. The van der Waals surface area contributed by atoms with Crippen LogP contribution in [0, 0.1) is 3.57 Å². The van der Waals surface area contributed by atoms with Crippen LogP contribution in [0.1, 0.15) is 10.4 Å². The lowest BCUT2D eigenvalue weighted by molar-refractivity contribution is -0.144. The lowest BCUT2D eigenvalue weighted by Crippen LogP contribution is -2.27. The maximum atomic E-state index is 11.7. The van der Waals surface area contributed by atoms with E-state index in [2.05, 4.69) is 4.84 Å². The molecule has 0 fully saturated rings. The van der Waals surface area contributed by atoms with Crippen molar-refractivity contribution in [2.75, 3.05) is 13.7 Å². The van der Waals surface area contributed by atoms with E-state index < -0.39 is 18.5 Å². The molecule has 0 heterocycles. The predicted octanol–water partition coefficient (Wildman–Crippen LogP) is 1.70. The molecule has 8 heteroatoms. The Bertz CT molecular complexity index is 480. The van der Waals surface area contributed by atoms with Gasteiger partial charge in [0.1, 0.15) is 5.75 Å². The number of ether oxygens (including phenoxy) is 1. The van der Waals surface area contributed by atoms with Gasteiger partial charge in [0.15, 0.2) is 6.61 Å². The van der Waals surface area contributed by atoms with Gasteiger partial charge in [0.2, 0.25) is 0 Å². The fourth-order valence-corrected chi connectivity index (χ4v) is 1.70. The SMILES string of the molecule is COc1cc(I)c(Cl)cc1C(=O)NOCC(=O)O. The number of carbonyl (C=O) groups excluding carboxylic acids is 1. The number of amides is 1. The van der Waals surface area contributed by atoms with Crippen molar-refractivity contribution in [3.63, 3.8) is 0 Å². The van der Waals surface area contributed by atoms with Gasteiger partial charge >= 0.3 is 5.97 Å². The van der Waals surface area contributed by atoms with Crippen molar-refractivity contribution < 1.29 is 24.3 Å². The number of rotatable bonds is 5. The summed E-state index contributed by atoms with van der Waals surface area (Å²) in [6, 6.07) is 3.01. The number of methoxy groups -OCH3 is 1. The topological polar surface area (TPSA) is 84.9 Å². The first-order valence-corrected chi connectivity index (χ1v) is 6.08. The fraction of sp³-hybridized carbons (Fsp3) is 0.200. The molecule has 0 saturated carbocycles. The van der Waals surface area contributed by atoms with E-state index in [0.717, 1.165) is 3.57 Å². The summed E-state index contributed by atoms with van der Waals surface area (Å²) in [6.45, 7) is -0.633. The normalized spacial score (nSPS) is 9.94. The fourth-order valence-electron chi connectivity index (χ4n) is 1.09. The molecule has 1 amide bonds. The van der Waals surface area contributed by atoms with Crippen LogP contribution >= 0.6 is 34.2 Å². The van der Waals surface area contributed by atoms with Crippen LogP contribution in [0.25, 0.3) is 0 Å². The standard InChI is InChI=1S/C10H9ClINO5/c1-17-8-3-7(12)6(11)2-5(8)10(16)13-18-4-9(14)15/h2-3H,4H2,1H3,(H,13,16)(H,14,15). The zero-order chi connectivity index (χ0) is 13.7. The van der Waals surface area contributed by atoms with Crippen LogP contribution in [0.3, 0.4) is 0 Å². The molecular formula is C10H9ClINO5. The lowest BCUT2D eigenvalue weighted by atomic mass is 10.2. The van der Waals surface area contributed by atoms with E-state index in [1.165, 1.54) is 13.2 Å². The second-order valence-corrected chi connectivity index (χ2v) is 4.65. The van der Waals surface area contributed by atoms with Gasteiger partial charge < -0.3 is 9.84 Å². The molecule has 98 valence electrons. The smallest absolute Gasteiger partial charge is 0.332 e. The number of hydroxylamine groups is 1. The molecule has 0 radical (unpaired) electrons. The molecule has 0 aliphatic rings. The highest BCUT2D eigenvalue weighted by molar-refractivity contribution is 14.1. The Morgan fingerprint density at radius 2 is 2.17 bits per heavy atom. The largest absolute Gasteiger partial charge is 0.496 e. The Labute approximate surface area is 121 Å². The Kier molecular flexibility index (Phi) is 5.63. The number of hydrogen-bond acceptors (Lipinski definition) is 4. The minimum absolute atomic E-state index is 0.160. The molecular weight excluding hydrogens is 376 g/mol. The van der Waals surface area contributed by atoms with Crippen molar-refractivity contribution in [2.24, 2.45) is 0 Å². The number of benzene rings is 1. The Morgan fingerprint density at radius 1 is 1.50 bits per heavy atom. The van der Waals surface area contributed by atoms with Gasteiger partial charge in [0.25, 0.3) is 5.91 Å². The minimum atomic E-state index is -1.19. The molecule has 0 bridgehead atoms. The van der Waals surface area contributed by atoms with E-state index in [4.69, 9.17) is 21.4 Å². The highest BCUT2D eigenvalue weighted by Gasteiger charge is 2.15. The maximum absolute atomic E-state index is 11.7. The van der Waals surface area contributed by atoms with Gasteiger partial charge in [0.05, 0.1) is 17.7 Å². The Balaban J connectivity index is 2.84. The average Bonchev–Trinajstić information content (AvgIpc) is 2.31. The summed E-state index contributed by atoms with van der Waals surface area (Å²) in [6.07, 6.45) is 0. The third kappa shape index (κ3) is 4.00. The first-order chi connectivity index (χ1) is 8.45. The van der Waals surface area contributed by atoms with E-state index in [-0.39, 0.29) is 5.56 Å². The Morgan fingerprint density at radius 3 is 2.72 bits per heavy atom. The third-order valence-electron chi connectivity index (χ3n) is 1.85. The van der Waals surface area contributed by atoms with Crippen molar-refractivity contribution in [3.8, 4) is 5.75 Å². The van der Waals surface area contributed by atoms with Crippen LogP contribution in [-0.2, 0) is 9.63 Å². The molecule has 0 aromatic heterocycles. The van der Waals surface area contributed by atoms with Crippen molar-refractivity contribution in [1.82, 2.24) is 5.48 Å². The quantitative estimate of drug-likeness (QED) is 0.595. The molecule has 1 aromatic rings. The summed E-state index contributed by atoms with van der Waals surface area (Å²) in [5.41, 5.74) is 2.15. The van der Waals surface area contributed by atoms with Crippen LogP contribution in [-0.4, -0.2) is 30.7 Å². The van der Waals surface area contributed by atoms with E-state index in [0.29, 0.717) is 10.8 Å². The molecule has 0 aliphatic heterocycles. The molecule has 0 atom stereocenters. The van der Waals surface area contributed by atoms with Crippen molar-refractivity contribution in [2.45, 2.75) is 0 Å². The first kappa shape index (κ1) is 15.0. The minimum Gasteiger partial charge on any atom is -0.496 e. The monoisotopic (exact) mass is 385 g/mol. The third-order valence-corrected chi connectivity index (χ3v) is 3.37. The molecule has 2 N–H and O–H groups in total. The van der Waals surface area contributed by atoms with Crippen LogP contribution in [0.5, 0.6) is 5.75 Å². The molecule has 0 spiro atoms. The van der Waals surface area contributed by atoms with E-state index in [1.807, 2.05) is 28.1 Å². The molecule has 1 aromatic carbocycles. The number of hydrogen-bond donors (Lipinski definition) is 2. The van der Waals surface area contributed by atoms with Gasteiger partial charge in [-0.2, -0.15) is 0 Å². The summed E-state index contributed by atoms with van der Waals surface area (Å²) in [7, 11) is 1.41. The van der Waals surface area contributed by atoms with E-state index in [9.17, 15) is 9.59 Å². The van der Waals surface area contributed by atoms with Crippen molar-refractivity contribution >= 4 is 46.1 Å². The van der Waals surface area contributed by atoms with Gasteiger partial charge in [0, 0.05) is 3.57 Å². The van der Waals surface area contributed by atoms with Crippen LogP contribution < -0.4 is 10.2 Å². The number of halogens is 2. The van der Waals surface area contributed by atoms with Gasteiger partial charge in [-0.25, -0.2) is 10.3 Å². The predicted molar refractivity (Wildman–Crippen MR) is 71.8 cm³/mol. The van der Waals surface area contributed by atoms with Crippen molar-refractivity contribution in [1.29, 1.82) is 0 Å². The van der Waals surface area contributed by atoms with E-state index >= 15 is 0 Å². The van der Waals surface area contributed by atoms with Gasteiger partial charge in [-0.15, -0.1) is 0 Å². The number of aliphatic carboxylic acids is 1. The Hall–Kier alpha value is -1.06. The first-order valence-electron chi connectivity index (χ1n) is 4.62.